The highest BCUT2D eigenvalue weighted by Gasteiger charge is 2.18. The Kier molecular flexibility index (Phi) is 6.53. The molecule has 10 aromatic rings. The first-order valence-corrected chi connectivity index (χ1v) is 17.2. The predicted octanol–water partition coefficient (Wildman–Crippen LogP) is 13.4. The summed E-state index contributed by atoms with van der Waals surface area (Å²) in [7, 11) is 0. The highest BCUT2D eigenvalue weighted by atomic mass is 15.1. The lowest BCUT2D eigenvalue weighted by Gasteiger charge is -2.27. The normalized spacial score (nSPS) is 11.6. The van der Waals surface area contributed by atoms with Crippen molar-refractivity contribution < 1.29 is 0 Å². The number of para-hydroxylation sites is 1. The number of benzene rings is 9. The summed E-state index contributed by atoms with van der Waals surface area (Å²) >= 11 is 0. The van der Waals surface area contributed by atoms with Gasteiger partial charge in [-0.25, -0.2) is 0 Å². The van der Waals surface area contributed by atoms with Gasteiger partial charge >= 0.3 is 0 Å². The van der Waals surface area contributed by atoms with Crippen molar-refractivity contribution in [3.05, 3.63) is 194 Å². The molecule has 1 heterocycles. The van der Waals surface area contributed by atoms with Crippen LogP contribution < -0.4 is 4.90 Å². The van der Waals surface area contributed by atoms with Gasteiger partial charge in [0, 0.05) is 38.6 Å². The van der Waals surface area contributed by atoms with E-state index in [1.165, 1.54) is 65.3 Å². The smallest absolute Gasteiger partial charge is 0.0619 e. The van der Waals surface area contributed by atoms with E-state index in [1.54, 1.807) is 0 Å². The van der Waals surface area contributed by atoms with Gasteiger partial charge in [-0.1, -0.05) is 146 Å². The van der Waals surface area contributed by atoms with Gasteiger partial charge in [0.15, 0.2) is 0 Å². The van der Waals surface area contributed by atoms with E-state index in [0.29, 0.717) is 0 Å². The molecule has 0 N–H and O–H groups in total. The molecule has 1 aromatic heterocycles. The average Bonchev–Trinajstić information content (AvgIpc) is 3.53. The number of hydrogen-bond donors (Lipinski definition) is 0. The van der Waals surface area contributed by atoms with Gasteiger partial charge in [0.25, 0.3) is 0 Å². The Labute approximate surface area is 290 Å². The maximum Gasteiger partial charge on any atom is 0.0619 e. The fourth-order valence-corrected chi connectivity index (χ4v) is 7.76. The maximum absolute atomic E-state index is 2.45. The van der Waals surface area contributed by atoms with Crippen LogP contribution in [-0.4, -0.2) is 4.57 Å². The summed E-state index contributed by atoms with van der Waals surface area (Å²) in [6.07, 6.45) is 0. The van der Waals surface area contributed by atoms with Crippen LogP contribution in [0, 0.1) is 0 Å². The van der Waals surface area contributed by atoms with Crippen molar-refractivity contribution in [3.63, 3.8) is 0 Å². The molecule has 2 nitrogen and oxygen atoms in total. The van der Waals surface area contributed by atoms with E-state index in [4.69, 9.17) is 0 Å². The van der Waals surface area contributed by atoms with Gasteiger partial charge in [0.1, 0.15) is 0 Å². The summed E-state index contributed by atoms with van der Waals surface area (Å²) in [4.78, 5) is 2.40. The van der Waals surface area contributed by atoms with Crippen molar-refractivity contribution in [1.29, 1.82) is 0 Å². The van der Waals surface area contributed by atoms with Gasteiger partial charge in [-0.3, -0.25) is 0 Å². The molecule has 0 radical (unpaired) electrons. The van der Waals surface area contributed by atoms with Crippen molar-refractivity contribution in [2.45, 2.75) is 0 Å². The molecule has 0 atom stereocenters. The Morgan fingerprint density at radius 1 is 0.340 bits per heavy atom. The molecule has 0 fully saturated rings. The highest BCUT2D eigenvalue weighted by molar-refractivity contribution is 6.18. The Bertz CT molecular complexity index is 2860. The Morgan fingerprint density at radius 3 is 1.84 bits per heavy atom. The number of hydrogen-bond acceptors (Lipinski definition) is 1. The highest BCUT2D eigenvalue weighted by Crippen LogP contribution is 2.42. The molecule has 0 aliphatic rings. The van der Waals surface area contributed by atoms with E-state index < -0.39 is 0 Å². The summed E-state index contributed by atoms with van der Waals surface area (Å²) in [6, 6.07) is 70.5. The molecule has 0 aliphatic carbocycles. The van der Waals surface area contributed by atoms with Crippen LogP contribution in [-0.2, 0) is 0 Å². The van der Waals surface area contributed by atoms with E-state index in [-0.39, 0.29) is 0 Å². The molecule has 0 unspecified atom stereocenters. The zero-order valence-corrected chi connectivity index (χ0v) is 27.4. The largest absolute Gasteiger partial charge is 0.310 e. The molecule has 2 heteroatoms. The second-order valence-electron chi connectivity index (χ2n) is 13.0. The van der Waals surface area contributed by atoms with Gasteiger partial charge in [0.2, 0.25) is 0 Å². The average molecular weight is 637 g/mol. The number of aromatic nitrogens is 1. The van der Waals surface area contributed by atoms with Gasteiger partial charge in [-0.2, -0.15) is 0 Å². The molecular weight excluding hydrogens is 605 g/mol. The minimum absolute atomic E-state index is 1.12. The molecule has 0 amide bonds. The van der Waals surface area contributed by atoms with Gasteiger partial charge in [-0.05, 0) is 81.2 Å². The second-order valence-corrected chi connectivity index (χ2v) is 13.0. The number of nitrogens with zero attached hydrogens (tertiary/aromatic N) is 2. The van der Waals surface area contributed by atoms with E-state index in [0.717, 1.165) is 22.7 Å². The quantitative estimate of drug-likeness (QED) is 0.182. The van der Waals surface area contributed by atoms with Crippen LogP contribution in [0.3, 0.4) is 0 Å². The van der Waals surface area contributed by atoms with E-state index in [2.05, 4.69) is 204 Å². The lowest BCUT2D eigenvalue weighted by atomic mass is 10.0. The van der Waals surface area contributed by atoms with Crippen LogP contribution in [0.25, 0.3) is 70.9 Å². The van der Waals surface area contributed by atoms with Crippen LogP contribution in [0.4, 0.5) is 17.1 Å². The lowest BCUT2D eigenvalue weighted by Crippen LogP contribution is -2.10. The third kappa shape index (κ3) is 4.57. The van der Waals surface area contributed by atoms with Gasteiger partial charge < -0.3 is 9.47 Å². The lowest BCUT2D eigenvalue weighted by molar-refractivity contribution is 1.19. The minimum atomic E-state index is 1.12. The summed E-state index contributed by atoms with van der Waals surface area (Å²) in [5.74, 6) is 0. The molecule has 0 spiro atoms. The molecule has 9 aromatic carbocycles. The third-order valence-electron chi connectivity index (χ3n) is 10.1. The summed E-state index contributed by atoms with van der Waals surface area (Å²) < 4.78 is 2.45. The second kappa shape index (κ2) is 11.5. The monoisotopic (exact) mass is 636 g/mol. The summed E-state index contributed by atoms with van der Waals surface area (Å²) in [6.45, 7) is 0. The first-order chi connectivity index (χ1) is 24.8. The van der Waals surface area contributed by atoms with Crippen LogP contribution in [0.2, 0.25) is 0 Å². The van der Waals surface area contributed by atoms with Crippen LogP contribution in [0.1, 0.15) is 0 Å². The molecule has 0 bridgehead atoms. The summed E-state index contributed by atoms with van der Waals surface area (Å²) in [5.41, 5.74) is 9.42. The Morgan fingerprint density at radius 2 is 0.980 bits per heavy atom. The maximum atomic E-state index is 2.45. The van der Waals surface area contributed by atoms with Crippen molar-refractivity contribution in [2.75, 3.05) is 4.90 Å². The number of fused-ring (bicyclic) bond motifs is 7. The molecule has 0 saturated carbocycles. The molecule has 0 saturated heterocycles. The standard InChI is InChI=1S/C48H32N2/c1-2-11-33(12-3-1)35-21-25-39(26-22-35)49(40-27-23-34-13-4-5-15-37(34)31-40)46-20-10-16-38-32-41(28-30-42(38)46)50-47-19-9-8-18-44(47)45-29-24-36-14-6-7-17-43(36)48(45)50/h1-32H. The van der Waals surface area contributed by atoms with Gasteiger partial charge in [0.05, 0.1) is 16.7 Å². The number of rotatable bonds is 5. The zero-order chi connectivity index (χ0) is 33.0. The first-order valence-electron chi connectivity index (χ1n) is 17.2. The molecule has 10 rings (SSSR count). The Hall–Kier alpha value is -6.64. The van der Waals surface area contributed by atoms with Crippen molar-refractivity contribution in [2.24, 2.45) is 0 Å². The van der Waals surface area contributed by atoms with Crippen molar-refractivity contribution in [3.8, 4) is 16.8 Å². The number of anilines is 3. The topological polar surface area (TPSA) is 8.17 Å². The third-order valence-corrected chi connectivity index (χ3v) is 10.1. The van der Waals surface area contributed by atoms with Gasteiger partial charge in [-0.15, -0.1) is 0 Å². The summed E-state index contributed by atoms with van der Waals surface area (Å²) in [5, 5.41) is 9.89. The fraction of sp³-hybridized carbons (Fsp3) is 0. The fourth-order valence-electron chi connectivity index (χ4n) is 7.76. The minimum Gasteiger partial charge on any atom is -0.310 e. The zero-order valence-electron chi connectivity index (χ0n) is 27.4. The SMILES string of the molecule is c1ccc(-c2ccc(N(c3ccc4ccccc4c3)c3cccc4cc(-n5c6ccccc6c6ccc7ccccc7c65)ccc34)cc2)cc1. The van der Waals surface area contributed by atoms with Crippen molar-refractivity contribution in [1.82, 2.24) is 4.57 Å². The predicted molar refractivity (Wildman–Crippen MR) is 213 cm³/mol. The van der Waals surface area contributed by atoms with E-state index >= 15 is 0 Å². The Balaban J connectivity index is 1.18. The molecule has 50 heavy (non-hydrogen) atoms. The molecule has 234 valence electrons. The van der Waals surface area contributed by atoms with E-state index in [9.17, 15) is 0 Å². The molecular formula is C48H32N2. The van der Waals surface area contributed by atoms with Crippen LogP contribution in [0.15, 0.2) is 194 Å². The van der Waals surface area contributed by atoms with E-state index in [1.807, 2.05) is 0 Å². The van der Waals surface area contributed by atoms with Crippen LogP contribution >= 0.6 is 0 Å². The molecule has 0 aliphatic heterocycles. The van der Waals surface area contributed by atoms with Crippen LogP contribution in [0.5, 0.6) is 0 Å². The first kappa shape index (κ1) is 28.4. The van der Waals surface area contributed by atoms with Crippen molar-refractivity contribution >= 4 is 71.2 Å².